The van der Waals surface area contributed by atoms with Crippen molar-refractivity contribution in [2.75, 3.05) is 27.4 Å². The van der Waals surface area contributed by atoms with Gasteiger partial charge in [-0.15, -0.1) is 0 Å². The highest BCUT2D eigenvalue weighted by molar-refractivity contribution is 7.57. The van der Waals surface area contributed by atoms with Gasteiger partial charge >= 0.3 is 13.3 Å². The van der Waals surface area contributed by atoms with E-state index in [-0.39, 0.29) is 31.7 Å². The van der Waals surface area contributed by atoms with Crippen molar-refractivity contribution in [2.45, 2.75) is 58.5 Å². The van der Waals surface area contributed by atoms with Crippen LogP contribution in [0.5, 0.6) is 0 Å². The standard InChI is InChI=1S/C21H34N4O8P2/c1-15(2)25(16(3)4)34(32-12-7-10-22)33-19-17(9-13-35(28,29-5)30-6)14-31-20(19)24-11-8-18(26)23-21(24)27/h8-9,11,13,15-17,19-20H,7,12,14H2,1-6H3,(H,23,26,27)/b13-9+/t17-,19+,20+,34?/m0/s1. The smallest absolute Gasteiger partial charge is 0.353 e. The van der Waals surface area contributed by atoms with Gasteiger partial charge in [0, 0.05) is 50.3 Å². The number of aromatic amines is 1. The third-order valence-corrected chi connectivity index (χ3v) is 8.87. The van der Waals surface area contributed by atoms with Gasteiger partial charge in [0.2, 0.25) is 0 Å². The maximum atomic E-state index is 12.6. The summed E-state index contributed by atoms with van der Waals surface area (Å²) in [4.78, 5) is 26.3. The lowest BCUT2D eigenvalue weighted by atomic mass is 10.1. The molecule has 12 nitrogen and oxygen atoms in total. The van der Waals surface area contributed by atoms with Crippen LogP contribution in [-0.2, 0) is 27.4 Å². The highest BCUT2D eigenvalue weighted by Crippen LogP contribution is 2.52. The number of rotatable bonds is 13. The lowest BCUT2D eigenvalue weighted by Gasteiger charge is -2.38. The molecular formula is C21H34N4O8P2. The second kappa shape index (κ2) is 13.6. The van der Waals surface area contributed by atoms with Crippen molar-refractivity contribution in [3.63, 3.8) is 0 Å². The van der Waals surface area contributed by atoms with Crippen LogP contribution in [0, 0.1) is 17.2 Å². The zero-order valence-corrected chi connectivity index (χ0v) is 22.6. The molecule has 0 radical (unpaired) electrons. The fraction of sp³-hybridized carbons (Fsp3) is 0.667. The van der Waals surface area contributed by atoms with Gasteiger partial charge < -0.3 is 22.8 Å². The molecule has 0 aromatic carbocycles. The molecule has 2 rings (SSSR count). The molecule has 1 saturated heterocycles. The first-order valence-electron chi connectivity index (χ1n) is 11.2. The van der Waals surface area contributed by atoms with Gasteiger partial charge in [0.15, 0.2) is 6.23 Å². The topological polar surface area (TPSA) is 145 Å². The molecule has 0 amide bonds. The molecule has 1 unspecified atom stereocenters. The van der Waals surface area contributed by atoms with Crippen molar-refractivity contribution < 1.29 is 27.4 Å². The van der Waals surface area contributed by atoms with Crippen LogP contribution >= 0.6 is 16.1 Å². The monoisotopic (exact) mass is 532 g/mol. The van der Waals surface area contributed by atoms with E-state index in [1.807, 2.05) is 32.4 Å². The van der Waals surface area contributed by atoms with Crippen LogP contribution in [0.4, 0.5) is 0 Å². The number of hydrogen-bond donors (Lipinski definition) is 1. The number of aromatic nitrogens is 2. The molecule has 1 aliphatic heterocycles. The van der Waals surface area contributed by atoms with Gasteiger partial charge in [0.25, 0.3) is 14.1 Å². The van der Waals surface area contributed by atoms with E-state index in [0.717, 1.165) is 0 Å². The van der Waals surface area contributed by atoms with Gasteiger partial charge in [-0.25, -0.2) is 9.46 Å². The Hall–Kier alpha value is -1.67. The number of nitrogens with one attached hydrogen (secondary N) is 1. The SMILES string of the molecule is COP(=O)(/C=C/[C@H]1CO[C@@H](n2ccc(=O)[nH]c2=O)[C@@H]1OP(OCCC#N)N(C(C)C)C(C)C)OC. The maximum absolute atomic E-state index is 12.6. The highest BCUT2D eigenvalue weighted by Gasteiger charge is 2.43. The summed E-state index contributed by atoms with van der Waals surface area (Å²) in [6.07, 6.45) is 1.48. The molecule has 1 aromatic rings. The van der Waals surface area contributed by atoms with Gasteiger partial charge in [-0.05, 0) is 27.7 Å². The van der Waals surface area contributed by atoms with Gasteiger partial charge in [0.1, 0.15) is 6.10 Å². The summed E-state index contributed by atoms with van der Waals surface area (Å²) >= 11 is 0. The summed E-state index contributed by atoms with van der Waals surface area (Å²) in [5.74, 6) is 0.875. The zero-order valence-electron chi connectivity index (χ0n) is 20.8. The van der Waals surface area contributed by atoms with Crippen molar-refractivity contribution in [1.29, 1.82) is 5.26 Å². The Kier molecular flexibility index (Phi) is 11.5. The van der Waals surface area contributed by atoms with Crippen molar-refractivity contribution in [3.05, 3.63) is 45.0 Å². The predicted octanol–water partition coefficient (Wildman–Crippen LogP) is 3.34. The summed E-state index contributed by atoms with van der Waals surface area (Å²) in [6.45, 7) is 8.32. The molecule has 1 N–H and O–H groups in total. The minimum atomic E-state index is -3.45. The lowest BCUT2D eigenvalue weighted by molar-refractivity contribution is -0.00938. The first-order valence-corrected chi connectivity index (χ1v) is 13.9. The largest absolute Gasteiger partial charge is 0.354 e. The molecule has 196 valence electrons. The predicted molar refractivity (Wildman–Crippen MR) is 131 cm³/mol. The second-order valence-corrected chi connectivity index (χ2v) is 11.8. The third-order valence-electron chi connectivity index (χ3n) is 5.19. The van der Waals surface area contributed by atoms with E-state index >= 15 is 0 Å². The Labute approximate surface area is 206 Å². The van der Waals surface area contributed by atoms with Crippen molar-refractivity contribution in [3.8, 4) is 6.07 Å². The number of nitrogens with zero attached hydrogens (tertiary/aromatic N) is 3. The minimum Gasteiger partial charge on any atom is -0.354 e. The van der Waals surface area contributed by atoms with Gasteiger partial charge in [0.05, 0.1) is 25.7 Å². The molecule has 1 aromatic heterocycles. The van der Waals surface area contributed by atoms with E-state index in [2.05, 4.69) is 11.1 Å². The number of hydrogen-bond acceptors (Lipinski definition) is 10. The Balaban J connectivity index is 2.48. The number of H-pyrrole nitrogens is 1. The molecule has 0 saturated carbocycles. The van der Waals surface area contributed by atoms with Crippen LogP contribution in [0.3, 0.4) is 0 Å². The summed E-state index contributed by atoms with van der Waals surface area (Å²) in [5.41, 5.74) is -1.19. The number of nitriles is 1. The lowest BCUT2D eigenvalue weighted by Crippen LogP contribution is -2.39. The van der Waals surface area contributed by atoms with Gasteiger partial charge in [-0.1, -0.05) is 6.08 Å². The van der Waals surface area contributed by atoms with Crippen LogP contribution in [0.25, 0.3) is 0 Å². The zero-order chi connectivity index (χ0) is 26.2. The van der Waals surface area contributed by atoms with Crippen LogP contribution in [0.1, 0.15) is 40.3 Å². The minimum absolute atomic E-state index is 0.0518. The molecule has 1 fully saturated rings. The van der Waals surface area contributed by atoms with Gasteiger partial charge in [-0.3, -0.25) is 18.9 Å². The second-order valence-electron chi connectivity index (χ2n) is 8.27. The van der Waals surface area contributed by atoms with E-state index < -0.39 is 45.6 Å². The summed E-state index contributed by atoms with van der Waals surface area (Å²) in [6, 6.07) is 3.38. The van der Waals surface area contributed by atoms with E-state index in [1.165, 1.54) is 36.9 Å². The normalized spacial score (nSPS) is 21.9. The molecule has 2 heterocycles. The highest BCUT2D eigenvalue weighted by atomic mass is 31.2. The molecule has 35 heavy (non-hydrogen) atoms. The summed E-state index contributed by atoms with van der Waals surface area (Å²) in [5, 5.41) is 8.98. The average molecular weight is 532 g/mol. The Morgan fingerprint density at radius 3 is 2.51 bits per heavy atom. The molecule has 1 aliphatic rings. The first kappa shape index (κ1) is 29.6. The van der Waals surface area contributed by atoms with E-state index in [0.29, 0.717) is 0 Å². The van der Waals surface area contributed by atoms with Crippen LogP contribution in [-0.4, -0.2) is 59.8 Å². The van der Waals surface area contributed by atoms with E-state index in [9.17, 15) is 14.2 Å². The average Bonchev–Trinajstić information content (AvgIpc) is 3.19. The first-order chi connectivity index (χ1) is 16.6. The third kappa shape index (κ3) is 7.91. The van der Waals surface area contributed by atoms with Crippen molar-refractivity contribution in [2.24, 2.45) is 5.92 Å². The Morgan fingerprint density at radius 1 is 1.31 bits per heavy atom. The van der Waals surface area contributed by atoms with Crippen molar-refractivity contribution >= 4 is 16.1 Å². The molecular weight excluding hydrogens is 498 g/mol. The van der Waals surface area contributed by atoms with Crippen molar-refractivity contribution in [1.82, 2.24) is 14.2 Å². The summed E-state index contributed by atoms with van der Waals surface area (Å²) in [7, 11) is -2.58. The van der Waals surface area contributed by atoms with Gasteiger partial charge in [-0.2, -0.15) is 5.26 Å². The number of ether oxygens (including phenoxy) is 1. The molecule has 0 bridgehead atoms. The molecule has 0 spiro atoms. The fourth-order valence-corrected chi connectivity index (χ4v) is 6.18. The molecule has 0 aliphatic carbocycles. The maximum Gasteiger partial charge on any atom is 0.353 e. The summed E-state index contributed by atoms with van der Waals surface area (Å²) < 4.78 is 44.3. The van der Waals surface area contributed by atoms with Crippen LogP contribution in [0.15, 0.2) is 33.7 Å². The Morgan fingerprint density at radius 2 is 1.97 bits per heavy atom. The van der Waals surface area contributed by atoms with Crippen LogP contribution in [0.2, 0.25) is 0 Å². The Bertz CT molecular complexity index is 1030. The quantitative estimate of drug-likeness (QED) is 0.297. The fourth-order valence-electron chi connectivity index (χ4n) is 3.58. The molecule has 4 atom stereocenters. The van der Waals surface area contributed by atoms with Crippen LogP contribution < -0.4 is 11.2 Å². The van der Waals surface area contributed by atoms with E-state index in [4.69, 9.17) is 28.1 Å². The molecule has 14 heteroatoms. The van der Waals surface area contributed by atoms with E-state index in [1.54, 1.807) is 6.08 Å².